The molecule has 7 heteroatoms. The quantitative estimate of drug-likeness (QED) is 0.397. The molecule has 4 rings (SSSR count). The third-order valence-corrected chi connectivity index (χ3v) is 7.36. The summed E-state index contributed by atoms with van der Waals surface area (Å²) in [4.78, 5) is 8.64. The standard InChI is InChI=1S/C21H39N3.3ClH.V/c1-4-10-19(11-5-1)22-16-23(20-12-6-2-7-13-20)18-24(17-22)21-14-8-3-9-15-21;;;;/h19-21H,1-18H2;3*1H;/p-3. The molecular formula is C21H39Cl3N3V-3. The fourth-order valence-electron chi connectivity index (χ4n) is 5.87. The molecule has 1 saturated heterocycles. The van der Waals surface area contributed by atoms with Crippen LogP contribution in [0.2, 0.25) is 0 Å². The van der Waals surface area contributed by atoms with Crippen LogP contribution in [0.1, 0.15) is 96.3 Å². The maximum Gasteiger partial charge on any atom is 0.0535 e. The third-order valence-electron chi connectivity index (χ3n) is 7.36. The van der Waals surface area contributed by atoms with E-state index in [0.29, 0.717) is 0 Å². The van der Waals surface area contributed by atoms with Crippen LogP contribution >= 0.6 is 0 Å². The molecule has 28 heavy (non-hydrogen) atoms. The van der Waals surface area contributed by atoms with Gasteiger partial charge in [-0.25, -0.2) is 0 Å². The number of hydrogen-bond acceptors (Lipinski definition) is 3. The van der Waals surface area contributed by atoms with Crippen LogP contribution in [0.3, 0.4) is 0 Å². The number of rotatable bonds is 3. The topological polar surface area (TPSA) is 9.72 Å². The first kappa shape index (κ1) is 29.3. The summed E-state index contributed by atoms with van der Waals surface area (Å²) in [5.41, 5.74) is 0. The molecule has 1 heterocycles. The summed E-state index contributed by atoms with van der Waals surface area (Å²) in [6.45, 7) is 3.79. The van der Waals surface area contributed by atoms with Crippen molar-refractivity contribution < 1.29 is 55.8 Å². The Balaban J connectivity index is 0.00000182. The van der Waals surface area contributed by atoms with E-state index in [9.17, 15) is 0 Å². The zero-order chi connectivity index (χ0) is 16.2. The third kappa shape index (κ3) is 7.79. The van der Waals surface area contributed by atoms with E-state index in [4.69, 9.17) is 0 Å². The normalized spacial score (nSPS) is 27.0. The van der Waals surface area contributed by atoms with Crippen molar-refractivity contribution in [3.8, 4) is 0 Å². The molecule has 3 nitrogen and oxygen atoms in total. The molecule has 3 aliphatic carbocycles. The maximum absolute atomic E-state index is 2.88. The number of nitrogens with zero attached hydrogens (tertiary/aromatic N) is 3. The first-order chi connectivity index (χ1) is 11.9. The second-order valence-corrected chi connectivity index (χ2v) is 9.07. The monoisotopic (exact) mass is 489 g/mol. The van der Waals surface area contributed by atoms with E-state index >= 15 is 0 Å². The molecule has 4 fully saturated rings. The average molecular weight is 491 g/mol. The van der Waals surface area contributed by atoms with E-state index in [1.54, 1.807) is 0 Å². The van der Waals surface area contributed by atoms with Crippen molar-refractivity contribution in [3.05, 3.63) is 0 Å². The van der Waals surface area contributed by atoms with Gasteiger partial charge in [0.25, 0.3) is 0 Å². The smallest absolute Gasteiger partial charge is 0.0535 e. The minimum absolute atomic E-state index is 0. The van der Waals surface area contributed by atoms with Gasteiger partial charge in [0.1, 0.15) is 0 Å². The minimum atomic E-state index is 0. The van der Waals surface area contributed by atoms with Gasteiger partial charge in [0.05, 0.1) is 20.0 Å². The summed E-state index contributed by atoms with van der Waals surface area (Å²) < 4.78 is 0. The van der Waals surface area contributed by atoms with Gasteiger partial charge in [-0.3, -0.25) is 14.7 Å². The van der Waals surface area contributed by atoms with Crippen LogP contribution in [-0.2, 0) is 18.6 Å². The van der Waals surface area contributed by atoms with Crippen molar-refractivity contribution in [1.82, 2.24) is 14.7 Å². The molecule has 1 radical (unpaired) electrons. The molecule has 0 bridgehead atoms. The Morgan fingerprint density at radius 2 is 0.571 bits per heavy atom. The van der Waals surface area contributed by atoms with Crippen molar-refractivity contribution in [1.29, 1.82) is 0 Å². The maximum atomic E-state index is 2.88. The summed E-state index contributed by atoms with van der Waals surface area (Å²) in [5.74, 6) is 0. The van der Waals surface area contributed by atoms with Gasteiger partial charge in [0, 0.05) is 36.7 Å². The Bertz CT molecular complexity index is 324. The largest absolute Gasteiger partial charge is 1.00 e. The zero-order valence-corrected chi connectivity index (χ0v) is 21.0. The SMILES string of the molecule is C1CCC(N2CN(C3CCCCC3)CN(C3CCCCC3)C2)CC1.[Cl-].[Cl-].[Cl-].[V]. The van der Waals surface area contributed by atoms with E-state index in [2.05, 4.69) is 14.7 Å². The van der Waals surface area contributed by atoms with Crippen molar-refractivity contribution >= 4 is 0 Å². The van der Waals surface area contributed by atoms with Crippen LogP contribution < -0.4 is 37.2 Å². The summed E-state index contributed by atoms with van der Waals surface area (Å²) in [7, 11) is 0. The number of hydrogen-bond donors (Lipinski definition) is 0. The summed E-state index contributed by atoms with van der Waals surface area (Å²) in [6, 6.07) is 2.61. The van der Waals surface area contributed by atoms with Gasteiger partial charge >= 0.3 is 0 Å². The van der Waals surface area contributed by atoms with Crippen LogP contribution in [0, 0.1) is 0 Å². The van der Waals surface area contributed by atoms with E-state index in [-0.39, 0.29) is 55.8 Å². The second kappa shape index (κ2) is 15.2. The Hall–Kier alpha value is 1.33. The van der Waals surface area contributed by atoms with Crippen LogP contribution in [0.15, 0.2) is 0 Å². The van der Waals surface area contributed by atoms with Gasteiger partial charge in [-0.2, -0.15) is 0 Å². The second-order valence-electron chi connectivity index (χ2n) is 9.07. The predicted molar refractivity (Wildman–Crippen MR) is 101 cm³/mol. The van der Waals surface area contributed by atoms with Gasteiger partial charge in [0.2, 0.25) is 0 Å². The fourth-order valence-corrected chi connectivity index (χ4v) is 5.87. The van der Waals surface area contributed by atoms with E-state index in [1.807, 2.05) is 0 Å². The Morgan fingerprint density at radius 1 is 0.357 bits per heavy atom. The van der Waals surface area contributed by atoms with E-state index in [1.165, 1.54) is 116 Å². The van der Waals surface area contributed by atoms with E-state index < -0.39 is 0 Å². The van der Waals surface area contributed by atoms with Crippen molar-refractivity contribution in [2.75, 3.05) is 20.0 Å². The van der Waals surface area contributed by atoms with Gasteiger partial charge < -0.3 is 37.2 Å². The van der Waals surface area contributed by atoms with Crippen molar-refractivity contribution in [2.24, 2.45) is 0 Å². The van der Waals surface area contributed by atoms with Crippen LogP contribution in [-0.4, -0.2) is 52.8 Å². The molecule has 0 atom stereocenters. The molecule has 0 aromatic heterocycles. The zero-order valence-electron chi connectivity index (χ0n) is 17.4. The van der Waals surface area contributed by atoms with E-state index in [0.717, 1.165) is 18.1 Å². The Kier molecular flexibility index (Phi) is 15.9. The molecular weight excluding hydrogens is 452 g/mol. The molecule has 167 valence electrons. The first-order valence-electron chi connectivity index (χ1n) is 11.1. The molecule has 0 unspecified atom stereocenters. The molecule has 3 saturated carbocycles. The van der Waals surface area contributed by atoms with Gasteiger partial charge in [-0.1, -0.05) is 57.8 Å². The van der Waals surface area contributed by atoms with Gasteiger partial charge in [-0.05, 0) is 38.5 Å². The molecule has 0 aromatic carbocycles. The van der Waals surface area contributed by atoms with Crippen molar-refractivity contribution in [3.63, 3.8) is 0 Å². The van der Waals surface area contributed by atoms with Crippen LogP contribution in [0.25, 0.3) is 0 Å². The summed E-state index contributed by atoms with van der Waals surface area (Å²) in [5, 5.41) is 0. The summed E-state index contributed by atoms with van der Waals surface area (Å²) >= 11 is 0. The van der Waals surface area contributed by atoms with Crippen LogP contribution in [0.5, 0.6) is 0 Å². The summed E-state index contributed by atoms with van der Waals surface area (Å²) in [6.07, 6.45) is 22.0. The molecule has 0 aromatic rings. The van der Waals surface area contributed by atoms with Crippen LogP contribution in [0.4, 0.5) is 0 Å². The fraction of sp³-hybridized carbons (Fsp3) is 1.00. The van der Waals surface area contributed by atoms with Crippen molar-refractivity contribution in [2.45, 2.75) is 114 Å². The molecule has 0 amide bonds. The molecule has 0 N–H and O–H groups in total. The Labute approximate surface area is 204 Å². The predicted octanol–water partition coefficient (Wildman–Crippen LogP) is -4.21. The Morgan fingerprint density at radius 3 is 0.786 bits per heavy atom. The average Bonchev–Trinajstić information content (AvgIpc) is 2.70. The van der Waals surface area contributed by atoms with Gasteiger partial charge in [-0.15, -0.1) is 0 Å². The molecule has 1 aliphatic heterocycles. The first-order valence-corrected chi connectivity index (χ1v) is 11.1. The number of halogens is 3. The molecule has 0 spiro atoms. The minimum Gasteiger partial charge on any atom is -1.00 e. The molecule has 4 aliphatic rings. The van der Waals surface area contributed by atoms with Gasteiger partial charge in [0.15, 0.2) is 0 Å².